The fourth-order valence-corrected chi connectivity index (χ4v) is 3.63. The third-order valence-corrected chi connectivity index (χ3v) is 4.87. The highest BCUT2D eigenvalue weighted by atomic mass is 15.2. The Balaban J connectivity index is 2.21. The number of hydrogen-bond donors (Lipinski definition) is 0. The normalized spacial score (nSPS) is 27.6. The first-order valence-corrected chi connectivity index (χ1v) is 7.12. The van der Waals surface area contributed by atoms with Gasteiger partial charge in [0.2, 0.25) is 0 Å². The summed E-state index contributed by atoms with van der Waals surface area (Å²) in [5, 5.41) is 0. The molecule has 0 spiro atoms. The van der Waals surface area contributed by atoms with Crippen LogP contribution in [0.15, 0.2) is 42.0 Å². The predicted molar refractivity (Wildman–Crippen MR) is 82.8 cm³/mol. The smallest absolute Gasteiger partial charge is 0.0544 e. The molecule has 3 rings (SSSR count). The molecule has 0 saturated heterocycles. The van der Waals surface area contributed by atoms with E-state index < -0.39 is 0 Å². The number of aryl methyl sites for hydroxylation is 1. The van der Waals surface area contributed by atoms with E-state index in [9.17, 15) is 0 Å². The molecule has 0 amide bonds. The minimum absolute atomic E-state index is 0.185. The van der Waals surface area contributed by atoms with Crippen LogP contribution >= 0.6 is 0 Å². The maximum absolute atomic E-state index is 2.45. The molecule has 0 radical (unpaired) electrons. The van der Waals surface area contributed by atoms with Crippen LogP contribution in [0.25, 0.3) is 0 Å². The van der Waals surface area contributed by atoms with Gasteiger partial charge in [-0.1, -0.05) is 55.3 Å². The minimum Gasteiger partial charge on any atom is -0.367 e. The molecule has 0 N–H and O–H groups in total. The van der Waals surface area contributed by atoms with E-state index in [2.05, 4.69) is 76.1 Å². The number of allylic oxidation sites excluding steroid dienone is 2. The number of fused-ring (bicyclic) bond motifs is 2. The van der Waals surface area contributed by atoms with E-state index in [1.54, 1.807) is 0 Å². The fraction of sp³-hybridized carbons (Fsp3) is 0.444. The Morgan fingerprint density at radius 3 is 2.63 bits per heavy atom. The number of nitrogens with zero attached hydrogens (tertiary/aromatic N) is 1. The van der Waals surface area contributed by atoms with Crippen molar-refractivity contribution in [2.24, 2.45) is 5.92 Å². The van der Waals surface area contributed by atoms with Crippen molar-refractivity contribution in [3.8, 4) is 0 Å². The zero-order valence-corrected chi connectivity index (χ0v) is 12.6. The fourth-order valence-electron chi connectivity index (χ4n) is 3.63. The van der Waals surface area contributed by atoms with Crippen LogP contribution in [0, 0.1) is 12.8 Å². The second kappa shape index (κ2) is 4.00. The molecular formula is C18H23N. The summed E-state index contributed by atoms with van der Waals surface area (Å²) in [5.41, 5.74) is 5.79. The van der Waals surface area contributed by atoms with Gasteiger partial charge in [0, 0.05) is 24.1 Å². The number of anilines is 1. The highest BCUT2D eigenvalue weighted by Gasteiger charge is 2.43. The van der Waals surface area contributed by atoms with Gasteiger partial charge >= 0.3 is 0 Å². The molecule has 0 fully saturated rings. The van der Waals surface area contributed by atoms with E-state index in [0.29, 0.717) is 12.0 Å². The van der Waals surface area contributed by atoms with Crippen LogP contribution in [0.5, 0.6) is 0 Å². The SMILES string of the molecule is CC1=CC2C(C=C1)N(C)c1ccc(C)cc1C2(C)C. The largest absolute Gasteiger partial charge is 0.367 e. The summed E-state index contributed by atoms with van der Waals surface area (Å²) < 4.78 is 0. The maximum Gasteiger partial charge on any atom is 0.0544 e. The number of rotatable bonds is 0. The molecule has 0 aromatic heterocycles. The van der Waals surface area contributed by atoms with Gasteiger partial charge in [-0.25, -0.2) is 0 Å². The zero-order valence-electron chi connectivity index (χ0n) is 12.6. The summed E-state index contributed by atoms with van der Waals surface area (Å²) in [5.74, 6) is 0.553. The number of hydrogen-bond acceptors (Lipinski definition) is 1. The molecule has 2 atom stereocenters. The van der Waals surface area contributed by atoms with Crippen molar-refractivity contribution < 1.29 is 0 Å². The molecular weight excluding hydrogens is 230 g/mol. The van der Waals surface area contributed by atoms with Gasteiger partial charge in [0.05, 0.1) is 6.04 Å². The van der Waals surface area contributed by atoms with Crippen LogP contribution < -0.4 is 4.90 Å². The number of benzene rings is 1. The Morgan fingerprint density at radius 1 is 1.16 bits per heavy atom. The van der Waals surface area contributed by atoms with Crippen molar-refractivity contribution >= 4 is 5.69 Å². The van der Waals surface area contributed by atoms with E-state index >= 15 is 0 Å². The van der Waals surface area contributed by atoms with Gasteiger partial charge in [-0.15, -0.1) is 0 Å². The molecule has 1 aromatic carbocycles. The monoisotopic (exact) mass is 253 g/mol. The molecule has 1 heterocycles. The Labute approximate surface area is 116 Å². The highest BCUT2D eigenvalue weighted by molar-refractivity contribution is 5.63. The number of likely N-dealkylation sites (N-methyl/N-ethyl adjacent to an activating group) is 1. The Morgan fingerprint density at radius 2 is 1.89 bits per heavy atom. The quantitative estimate of drug-likeness (QED) is 0.669. The molecule has 2 unspecified atom stereocenters. The van der Waals surface area contributed by atoms with Gasteiger partial charge in [0.25, 0.3) is 0 Å². The van der Waals surface area contributed by atoms with E-state index in [4.69, 9.17) is 0 Å². The van der Waals surface area contributed by atoms with Gasteiger partial charge in [-0.2, -0.15) is 0 Å². The summed E-state index contributed by atoms with van der Waals surface area (Å²) in [6, 6.07) is 7.35. The molecule has 1 aliphatic carbocycles. The third kappa shape index (κ3) is 1.75. The van der Waals surface area contributed by atoms with Crippen molar-refractivity contribution in [3.05, 3.63) is 53.1 Å². The Hall–Kier alpha value is -1.50. The van der Waals surface area contributed by atoms with Crippen molar-refractivity contribution in [1.82, 2.24) is 0 Å². The third-order valence-electron chi connectivity index (χ3n) is 4.87. The topological polar surface area (TPSA) is 3.24 Å². The second-order valence-electron chi connectivity index (χ2n) is 6.64. The van der Waals surface area contributed by atoms with E-state index in [-0.39, 0.29) is 5.41 Å². The summed E-state index contributed by atoms with van der Waals surface area (Å²) in [4.78, 5) is 2.43. The van der Waals surface area contributed by atoms with Crippen LogP contribution in [0.2, 0.25) is 0 Å². The van der Waals surface area contributed by atoms with Gasteiger partial charge in [0.1, 0.15) is 0 Å². The van der Waals surface area contributed by atoms with Gasteiger partial charge in [-0.05, 0) is 25.5 Å². The van der Waals surface area contributed by atoms with Crippen molar-refractivity contribution in [2.45, 2.75) is 39.2 Å². The van der Waals surface area contributed by atoms with Crippen molar-refractivity contribution in [3.63, 3.8) is 0 Å². The van der Waals surface area contributed by atoms with Gasteiger partial charge in [0.15, 0.2) is 0 Å². The first kappa shape index (κ1) is 12.5. The lowest BCUT2D eigenvalue weighted by Crippen LogP contribution is -2.50. The average Bonchev–Trinajstić information content (AvgIpc) is 2.36. The molecule has 1 nitrogen and oxygen atoms in total. The van der Waals surface area contributed by atoms with Crippen LogP contribution in [0.4, 0.5) is 5.69 Å². The van der Waals surface area contributed by atoms with E-state index in [1.807, 2.05) is 0 Å². The van der Waals surface area contributed by atoms with Crippen LogP contribution in [0.1, 0.15) is 31.9 Å². The summed E-state index contributed by atoms with van der Waals surface area (Å²) in [6.07, 6.45) is 7.07. The van der Waals surface area contributed by atoms with Gasteiger partial charge in [-0.3, -0.25) is 0 Å². The highest BCUT2D eigenvalue weighted by Crippen LogP contribution is 2.48. The van der Waals surface area contributed by atoms with Crippen molar-refractivity contribution in [2.75, 3.05) is 11.9 Å². The molecule has 100 valence electrons. The van der Waals surface area contributed by atoms with E-state index in [0.717, 1.165) is 0 Å². The van der Waals surface area contributed by atoms with E-state index in [1.165, 1.54) is 22.4 Å². The molecule has 19 heavy (non-hydrogen) atoms. The molecule has 1 aromatic rings. The van der Waals surface area contributed by atoms with Gasteiger partial charge < -0.3 is 4.90 Å². The van der Waals surface area contributed by atoms with Crippen molar-refractivity contribution in [1.29, 1.82) is 0 Å². The second-order valence-corrected chi connectivity index (χ2v) is 6.64. The molecule has 1 aliphatic heterocycles. The summed E-state index contributed by atoms with van der Waals surface area (Å²) in [6.45, 7) is 9.16. The maximum atomic E-state index is 2.45. The Bertz CT molecular complexity index is 577. The lowest BCUT2D eigenvalue weighted by Gasteiger charge is -2.50. The molecule has 1 heteroatoms. The lowest BCUT2D eigenvalue weighted by molar-refractivity contribution is 0.325. The molecule has 2 aliphatic rings. The van der Waals surface area contributed by atoms with Crippen LogP contribution in [-0.4, -0.2) is 13.1 Å². The van der Waals surface area contributed by atoms with Crippen LogP contribution in [0.3, 0.4) is 0 Å². The zero-order chi connectivity index (χ0) is 13.8. The lowest BCUT2D eigenvalue weighted by atomic mass is 9.64. The summed E-state index contributed by atoms with van der Waals surface area (Å²) in [7, 11) is 2.22. The molecule has 0 saturated carbocycles. The van der Waals surface area contributed by atoms with Crippen LogP contribution in [-0.2, 0) is 5.41 Å². The minimum atomic E-state index is 0.185. The Kier molecular flexibility index (Phi) is 2.63. The standard InChI is InChI=1S/C18H23N/c1-12-6-8-16-14(10-12)18(3,4)15-11-13(2)7-9-17(15)19(16)5/h6-11,14,16H,1-5H3. The average molecular weight is 253 g/mol. The summed E-state index contributed by atoms with van der Waals surface area (Å²) >= 11 is 0. The molecule has 0 bridgehead atoms. The first-order chi connectivity index (χ1) is 8.91. The first-order valence-electron chi connectivity index (χ1n) is 7.12. The predicted octanol–water partition coefficient (Wildman–Crippen LogP) is 4.22.